The van der Waals surface area contributed by atoms with Gasteiger partial charge < -0.3 is 5.11 Å². The van der Waals surface area contributed by atoms with Gasteiger partial charge in [0.1, 0.15) is 0 Å². The zero-order valence-corrected chi connectivity index (χ0v) is 4.39. The lowest BCUT2D eigenvalue weighted by Gasteiger charge is -1.82. The molecule has 0 aromatic carbocycles. The van der Waals surface area contributed by atoms with Crippen LogP contribution in [0.3, 0.4) is 0 Å². The second-order valence-electron chi connectivity index (χ2n) is 1.33. The zero-order chi connectivity index (χ0) is 6.57. The van der Waals surface area contributed by atoms with E-state index >= 15 is 0 Å². The second-order valence-corrected chi connectivity index (χ2v) is 1.33. The summed E-state index contributed by atoms with van der Waals surface area (Å²) in [5.41, 5.74) is 0. The van der Waals surface area contributed by atoms with Gasteiger partial charge >= 0.3 is 5.97 Å². The van der Waals surface area contributed by atoms with Crippen molar-refractivity contribution in [3.63, 3.8) is 0 Å². The maximum Gasteiger partial charge on any atom is 0.372 e. The molecule has 0 aliphatic carbocycles. The molecule has 0 aromatic rings. The summed E-state index contributed by atoms with van der Waals surface area (Å²) in [5, 5.41) is 7.94. The van der Waals surface area contributed by atoms with Gasteiger partial charge in [0.15, 0.2) is 0 Å². The molecule has 0 radical (unpaired) electrons. The molecule has 1 N–H and O–H groups in total. The molecule has 3 heteroatoms. The van der Waals surface area contributed by atoms with Gasteiger partial charge in [0, 0.05) is 0 Å². The summed E-state index contributed by atoms with van der Waals surface area (Å²) in [6.07, 6.45) is 0.389. The number of aliphatic carboxylic acids is 1. The molecule has 0 aromatic heterocycles. The Morgan fingerprint density at radius 2 is 2.00 bits per heavy atom. The molecular weight excluding hydrogens is 108 g/mol. The van der Waals surface area contributed by atoms with Gasteiger partial charge in [-0.1, -0.05) is 0 Å². The van der Waals surface area contributed by atoms with Crippen molar-refractivity contribution >= 4 is 11.8 Å². The van der Waals surface area contributed by atoms with Crippen molar-refractivity contribution in [2.24, 2.45) is 0 Å². The Hall–Kier alpha value is -0.990. The fraction of sp³-hybridized carbons (Fsp3) is 0.400. The molecule has 0 unspecified atom stereocenters. The average molecular weight is 115 g/mol. The van der Waals surface area contributed by atoms with Gasteiger partial charge in [0.05, 0.1) is 19.8 Å². The Kier molecular flexibility index (Phi) is 2.69. The fourth-order valence-corrected chi connectivity index (χ4v) is 0.267. The number of carboxylic acids is 1. The summed E-state index contributed by atoms with van der Waals surface area (Å²) in [4.78, 5) is 19.8. The fourth-order valence-electron chi connectivity index (χ4n) is 0.267. The van der Waals surface area contributed by atoms with E-state index in [9.17, 15) is 9.59 Å². The van der Waals surface area contributed by atoms with E-state index < -0.39 is 11.8 Å². The van der Waals surface area contributed by atoms with Crippen LogP contribution in [-0.4, -0.2) is 16.9 Å². The largest absolute Gasteiger partial charge is 0.475 e. The first-order chi connectivity index (χ1) is 3.68. The van der Waals surface area contributed by atoms with Gasteiger partial charge in [-0.05, 0) is 0 Å². The Morgan fingerprint density at radius 3 is 2.12 bits per heavy atom. The van der Waals surface area contributed by atoms with Gasteiger partial charge in [-0.3, -0.25) is 4.79 Å². The molecule has 0 saturated carbocycles. The van der Waals surface area contributed by atoms with Gasteiger partial charge in [-0.15, -0.1) is 0 Å². The zero-order valence-electron chi connectivity index (χ0n) is 4.39. The standard InChI is InChI=1S/C5H6O3/c1-2-3-4(6)5(7)8/h1-3H2/p+1. The number of Topliss-reactive ketones (excluding diaryl/α,β-unsaturated/α-hetero) is 1. The maximum absolute atomic E-state index is 10.1. The highest BCUT2D eigenvalue weighted by atomic mass is 16.4. The number of hydrogen-bond donors (Lipinski definition) is 1. The molecule has 0 atom stereocenters. The maximum atomic E-state index is 10.1. The van der Waals surface area contributed by atoms with Crippen LogP contribution in [0.15, 0.2) is 0 Å². The van der Waals surface area contributed by atoms with Crippen LogP contribution in [0.5, 0.6) is 0 Å². The van der Waals surface area contributed by atoms with Crippen molar-refractivity contribution in [2.75, 3.05) is 0 Å². The van der Waals surface area contributed by atoms with E-state index in [0.717, 1.165) is 0 Å². The predicted molar refractivity (Wildman–Crippen MR) is 27.2 cm³/mol. The number of ketones is 1. The number of carbonyl (C=O) groups excluding carboxylic acids is 1. The second kappa shape index (κ2) is 3.07. The summed E-state index contributed by atoms with van der Waals surface area (Å²) in [6, 6.07) is 0. The van der Waals surface area contributed by atoms with Crippen LogP contribution >= 0.6 is 0 Å². The average Bonchev–Trinajstić information content (AvgIpc) is 1.67. The summed E-state index contributed by atoms with van der Waals surface area (Å²) >= 11 is 0. The Morgan fingerprint density at radius 1 is 1.50 bits per heavy atom. The third kappa shape index (κ3) is 2.23. The van der Waals surface area contributed by atoms with Crippen molar-refractivity contribution in [3.8, 4) is 0 Å². The highest BCUT2D eigenvalue weighted by molar-refractivity contribution is 6.32. The highest BCUT2D eigenvalue weighted by Gasteiger charge is 2.09. The number of carboxylic acid groups (broad SMARTS) is 1. The third-order valence-electron chi connectivity index (χ3n) is 0.642. The van der Waals surface area contributed by atoms with Crippen molar-refractivity contribution in [1.29, 1.82) is 0 Å². The number of rotatable bonds is 3. The van der Waals surface area contributed by atoms with Crippen LogP contribution in [0.1, 0.15) is 12.8 Å². The van der Waals surface area contributed by atoms with Crippen LogP contribution in [0, 0.1) is 6.92 Å². The first kappa shape index (κ1) is 7.01. The van der Waals surface area contributed by atoms with Gasteiger partial charge in [0.2, 0.25) is 5.78 Å². The normalized spacial score (nSPS) is 8.50. The van der Waals surface area contributed by atoms with Crippen LogP contribution in [0.2, 0.25) is 0 Å². The Labute approximate surface area is 47.3 Å². The summed E-state index contributed by atoms with van der Waals surface area (Å²) in [7, 11) is 0. The summed E-state index contributed by atoms with van der Waals surface area (Å²) in [5.74, 6) is -2.13. The van der Waals surface area contributed by atoms with E-state index in [0.29, 0.717) is 6.42 Å². The first-order valence-electron chi connectivity index (χ1n) is 2.24. The molecule has 44 valence electrons. The van der Waals surface area contributed by atoms with Crippen LogP contribution in [0.4, 0.5) is 0 Å². The molecule has 0 spiro atoms. The molecule has 0 aliphatic heterocycles. The van der Waals surface area contributed by atoms with Crippen molar-refractivity contribution in [1.82, 2.24) is 0 Å². The summed E-state index contributed by atoms with van der Waals surface area (Å²) < 4.78 is 0. The lowest BCUT2D eigenvalue weighted by atomic mass is 10.2. The quantitative estimate of drug-likeness (QED) is 0.424. The molecule has 0 rings (SSSR count). The number of hydrogen-bond acceptors (Lipinski definition) is 2. The van der Waals surface area contributed by atoms with E-state index in [-0.39, 0.29) is 6.42 Å². The SMILES string of the molecule is [CH2+]CCC(=O)C(=O)O. The minimum Gasteiger partial charge on any atom is -0.475 e. The van der Waals surface area contributed by atoms with Crippen LogP contribution in [0.25, 0.3) is 0 Å². The minimum absolute atomic E-state index is 0.0370. The summed E-state index contributed by atoms with van der Waals surface area (Å²) in [6.45, 7) is 3.32. The van der Waals surface area contributed by atoms with Gasteiger partial charge in [-0.25, -0.2) is 4.79 Å². The van der Waals surface area contributed by atoms with Crippen molar-refractivity contribution in [2.45, 2.75) is 12.8 Å². The van der Waals surface area contributed by atoms with E-state index in [1.54, 1.807) is 0 Å². The highest BCUT2D eigenvalue weighted by Crippen LogP contribution is 1.86. The Bertz CT molecular complexity index is 106. The van der Waals surface area contributed by atoms with E-state index in [2.05, 4.69) is 6.92 Å². The molecule has 0 fully saturated rings. The predicted octanol–water partition coefficient (Wildman–Crippen LogP) is 0.254. The Balaban J connectivity index is 3.49. The molecule has 3 nitrogen and oxygen atoms in total. The molecule has 0 bridgehead atoms. The minimum atomic E-state index is -1.37. The molecular formula is C5H7O3+. The monoisotopic (exact) mass is 115 g/mol. The van der Waals surface area contributed by atoms with E-state index in [1.165, 1.54) is 0 Å². The van der Waals surface area contributed by atoms with Gasteiger partial charge in [-0.2, -0.15) is 0 Å². The topological polar surface area (TPSA) is 54.4 Å². The van der Waals surface area contributed by atoms with Crippen LogP contribution < -0.4 is 0 Å². The van der Waals surface area contributed by atoms with E-state index in [4.69, 9.17) is 5.11 Å². The lowest BCUT2D eigenvalue weighted by molar-refractivity contribution is -0.149. The molecule has 8 heavy (non-hydrogen) atoms. The van der Waals surface area contributed by atoms with Crippen molar-refractivity contribution in [3.05, 3.63) is 6.92 Å². The first-order valence-corrected chi connectivity index (χ1v) is 2.24. The van der Waals surface area contributed by atoms with Crippen molar-refractivity contribution < 1.29 is 14.7 Å². The third-order valence-corrected chi connectivity index (χ3v) is 0.642. The molecule has 0 heterocycles. The van der Waals surface area contributed by atoms with E-state index in [1.807, 2.05) is 0 Å². The smallest absolute Gasteiger partial charge is 0.372 e. The molecule has 0 saturated heterocycles. The molecule has 0 amide bonds. The lowest BCUT2D eigenvalue weighted by Crippen LogP contribution is -2.10. The number of carbonyl (C=O) groups is 2. The molecule has 0 aliphatic rings. The van der Waals surface area contributed by atoms with Gasteiger partial charge in [0.25, 0.3) is 0 Å². The van der Waals surface area contributed by atoms with Crippen LogP contribution in [-0.2, 0) is 9.59 Å².